The maximum Gasteiger partial charge on any atom is 0.521 e. The van der Waals surface area contributed by atoms with Gasteiger partial charge >= 0.3 is 24.2 Å². The number of ether oxygens (including phenoxy) is 4. The zero-order valence-electron chi connectivity index (χ0n) is 21.9. The van der Waals surface area contributed by atoms with Crippen LogP contribution in [0, 0.1) is 29.5 Å². The summed E-state index contributed by atoms with van der Waals surface area (Å²) in [5.74, 6) is 9.17. The molecule has 0 saturated carbocycles. The van der Waals surface area contributed by atoms with Gasteiger partial charge in [-0.15, -0.1) is 0 Å². The third kappa shape index (κ3) is 9.40. The fourth-order valence-corrected chi connectivity index (χ4v) is 2.75. The predicted molar refractivity (Wildman–Crippen MR) is 145 cm³/mol. The van der Waals surface area contributed by atoms with E-state index in [-0.39, 0.29) is 28.2 Å². The molecule has 0 spiro atoms. The van der Waals surface area contributed by atoms with Crippen molar-refractivity contribution in [3.63, 3.8) is 0 Å². The van der Waals surface area contributed by atoms with Gasteiger partial charge in [0, 0.05) is 27.8 Å². The summed E-state index contributed by atoms with van der Waals surface area (Å²) in [7, 11) is 0. The quantitative estimate of drug-likeness (QED) is 0.130. The molecule has 8 nitrogen and oxygen atoms in total. The first-order chi connectivity index (χ1) is 19.5. The molecule has 0 radical (unpaired) electrons. The maximum absolute atomic E-state index is 14.6. The summed E-state index contributed by atoms with van der Waals surface area (Å²) in [6, 6.07) is 16.4. The van der Waals surface area contributed by atoms with Gasteiger partial charge in [-0.05, 0) is 80.6 Å². The molecule has 0 fully saturated rings. The Bertz CT molecular complexity index is 1660. The lowest BCUT2D eigenvalue weighted by molar-refractivity contribution is -0.135. The minimum atomic E-state index is -1.19. The first-order valence-electron chi connectivity index (χ1n) is 11.7. The van der Waals surface area contributed by atoms with Gasteiger partial charge in [0.05, 0.1) is 5.56 Å². The smallest absolute Gasteiger partial charge is 0.395 e. The lowest BCUT2D eigenvalue weighted by Crippen LogP contribution is -2.16. The summed E-state index contributed by atoms with van der Waals surface area (Å²) in [5.41, 5.74) is 1.76. The molecule has 0 amide bonds. The summed E-state index contributed by atoms with van der Waals surface area (Å²) < 4.78 is 33.3. The summed E-state index contributed by atoms with van der Waals surface area (Å²) >= 11 is 0. The van der Waals surface area contributed by atoms with E-state index >= 15 is 0 Å². The predicted octanol–water partition coefficient (Wildman–Crippen LogP) is 5.86. The van der Waals surface area contributed by atoms with Crippen molar-refractivity contribution in [3.8, 4) is 35.2 Å². The molecule has 9 heteroatoms. The van der Waals surface area contributed by atoms with Crippen LogP contribution in [0.1, 0.15) is 36.1 Å². The van der Waals surface area contributed by atoms with E-state index in [4.69, 9.17) is 9.47 Å². The van der Waals surface area contributed by atoms with Gasteiger partial charge in [0.15, 0.2) is 0 Å². The van der Waals surface area contributed by atoms with E-state index in [0.29, 0.717) is 16.7 Å². The van der Waals surface area contributed by atoms with Crippen molar-refractivity contribution in [2.45, 2.75) is 13.8 Å². The summed E-state index contributed by atoms with van der Waals surface area (Å²) in [6.45, 7) is 9.53. The Labute approximate surface area is 235 Å². The molecule has 3 aromatic rings. The monoisotopic (exact) mass is 552 g/mol. The van der Waals surface area contributed by atoms with Crippen molar-refractivity contribution in [3.05, 3.63) is 119 Å². The average molecular weight is 553 g/mol. The molecule has 204 valence electrons. The molecule has 0 N–H and O–H groups in total. The largest absolute Gasteiger partial charge is 0.521 e. The Morgan fingerprint density at radius 3 is 1.41 bits per heavy atom. The van der Waals surface area contributed by atoms with Crippen LogP contribution < -0.4 is 9.47 Å². The topological polar surface area (TPSA) is 105 Å². The number of hydrogen-bond donors (Lipinski definition) is 0. The molecule has 3 aromatic carbocycles. The molecular formula is C32H21FO8. The molecule has 0 unspecified atom stereocenters. The van der Waals surface area contributed by atoms with Gasteiger partial charge in [0.2, 0.25) is 0 Å². The first-order valence-corrected chi connectivity index (χ1v) is 11.7. The number of carbonyl (C=O) groups is 4. The van der Waals surface area contributed by atoms with Gasteiger partial charge in [-0.3, -0.25) is 0 Å². The normalized spacial score (nSPS) is 9.54. The van der Waals surface area contributed by atoms with Gasteiger partial charge in [0.25, 0.3) is 0 Å². The van der Waals surface area contributed by atoms with Crippen molar-refractivity contribution in [2.24, 2.45) is 0 Å². The second-order valence-electron chi connectivity index (χ2n) is 8.29. The Kier molecular flexibility index (Phi) is 9.93. The van der Waals surface area contributed by atoms with Crippen LogP contribution in [0.4, 0.5) is 14.0 Å². The molecule has 41 heavy (non-hydrogen) atoms. The van der Waals surface area contributed by atoms with E-state index in [0.717, 1.165) is 0 Å². The third-order valence-corrected chi connectivity index (χ3v) is 4.82. The Balaban J connectivity index is 1.59. The van der Waals surface area contributed by atoms with E-state index in [1.54, 1.807) is 30.3 Å². The second-order valence-corrected chi connectivity index (χ2v) is 8.29. The van der Waals surface area contributed by atoms with Crippen LogP contribution in [0.25, 0.3) is 0 Å². The number of hydrogen-bond acceptors (Lipinski definition) is 8. The molecule has 0 atom stereocenters. The van der Waals surface area contributed by atoms with Crippen LogP contribution in [-0.4, -0.2) is 24.2 Å². The highest BCUT2D eigenvalue weighted by molar-refractivity contribution is 5.94. The highest BCUT2D eigenvalue weighted by Crippen LogP contribution is 2.15. The Morgan fingerprint density at radius 1 is 0.610 bits per heavy atom. The zero-order chi connectivity index (χ0) is 29.9. The highest BCUT2D eigenvalue weighted by atomic mass is 19.1. The molecular weight excluding hydrogens is 531 g/mol. The van der Waals surface area contributed by atoms with Gasteiger partial charge in [-0.25, -0.2) is 23.6 Å². The molecule has 0 heterocycles. The molecule has 0 aromatic heterocycles. The van der Waals surface area contributed by atoms with Gasteiger partial charge < -0.3 is 18.9 Å². The average Bonchev–Trinajstić information content (AvgIpc) is 2.92. The number of rotatable bonds is 4. The van der Waals surface area contributed by atoms with Crippen molar-refractivity contribution in [2.75, 3.05) is 0 Å². The molecule has 3 rings (SSSR count). The summed E-state index contributed by atoms with van der Waals surface area (Å²) in [5, 5.41) is 0. The van der Waals surface area contributed by atoms with Crippen LogP contribution in [0.15, 0.2) is 91.0 Å². The van der Waals surface area contributed by atoms with Gasteiger partial charge in [0.1, 0.15) is 17.3 Å². The SMILES string of the molecule is C=C(C)C(=O)OC(=O)Oc1ccc(C#Cc2ccc(C#Cc3ccc(OC(=O)OC(=O)C(=C)C)cc3)c(F)c2)cc1. The minimum Gasteiger partial charge on any atom is -0.395 e. The van der Waals surface area contributed by atoms with E-state index in [2.05, 4.69) is 46.3 Å². The number of benzene rings is 3. The fraction of sp³-hybridized carbons (Fsp3) is 0.0625. The third-order valence-electron chi connectivity index (χ3n) is 4.82. The van der Waals surface area contributed by atoms with Gasteiger partial charge in [-0.1, -0.05) is 36.8 Å². The van der Waals surface area contributed by atoms with Crippen LogP contribution >= 0.6 is 0 Å². The summed E-state index contributed by atoms with van der Waals surface area (Å²) in [6.07, 6.45) is -2.37. The van der Waals surface area contributed by atoms with E-state index in [1.165, 1.54) is 50.2 Å². The van der Waals surface area contributed by atoms with Crippen LogP contribution in [0.2, 0.25) is 0 Å². The first kappa shape index (κ1) is 29.6. The highest BCUT2D eigenvalue weighted by Gasteiger charge is 2.14. The maximum atomic E-state index is 14.6. The molecule has 0 aliphatic rings. The second kappa shape index (κ2) is 13.7. The molecule has 0 aliphatic heterocycles. The Hall–Kier alpha value is -5.93. The van der Waals surface area contributed by atoms with Crippen molar-refractivity contribution >= 4 is 24.2 Å². The lowest BCUT2D eigenvalue weighted by atomic mass is 10.1. The number of halogens is 1. The fourth-order valence-electron chi connectivity index (χ4n) is 2.75. The standard InChI is InChI=1S/C32H21FO8/c1-20(2)29(34)40-31(36)38-26-15-9-22(10-16-26)5-6-24-8-14-25(28(33)19-24)13-7-23-11-17-27(18-12-23)39-32(37)41-30(35)21(3)4/h8-12,14-19H,1,3H2,2,4H3. The number of esters is 2. The minimum absolute atomic E-state index is 0.0540. The van der Waals surface area contributed by atoms with Crippen LogP contribution in [0.3, 0.4) is 0 Å². The van der Waals surface area contributed by atoms with Crippen LogP contribution in [-0.2, 0) is 19.1 Å². The number of carbonyl (C=O) groups excluding carboxylic acids is 4. The lowest BCUT2D eigenvalue weighted by Gasteiger charge is -2.04. The molecule has 0 aliphatic carbocycles. The molecule has 0 saturated heterocycles. The van der Waals surface area contributed by atoms with E-state index < -0.39 is 30.1 Å². The Morgan fingerprint density at radius 2 is 1.00 bits per heavy atom. The van der Waals surface area contributed by atoms with Crippen molar-refractivity contribution < 1.29 is 42.5 Å². The van der Waals surface area contributed by atoms with Crippen molar-refractivity contribution in [1.82, 2.24) is 0 Å². The van der Waals surface area contributed by atoms with Gasteiger partial charge in [-0.2, -0.15) is 0 Å². The van der Waals surface area contributed by atoms with E-state index in [1.807, 2.05) is 0 Å². The molecule has 0 bridgehead atoms. The zero-order valence-corrected chi connectivity index (χ0v) is 21.9. The van der Waals surface area contributed by atoms with E-state index in [9.17, 15) is 23.6 Å². The summed E-state index contributed by atoms with van der Waals surface area (Å²) in [4.78, 5) is 45.9. The van der Waals surface area contributed by atoms with Crippen LogP contribution in [0.5, 0.6) is 11.5 Å². The van der Waals surface area contributed by atoms with Crippen molar-refractivity contribution in [1.29, 1.82) is 0 Å².